The first-order valence-electron chi connectivity index (χ1n) is 4.68. The van der Waals surface area contributed by atoms with E-state index in [4.69, 9.17) is 9.47 Å². The van der Waals surface area contributed by atoms with Gasteiger partial charge in [-0.15, -0.1) is 0 Å². The summed E-state index contributed by atoms with van der Waals surface area (Å²) in [7, 11) is 0. The summed E-state index contributed by atoms with van der Waals surface area (Å²) >= 11 is 0. The Kier molecular flexibility index (Phi) is 2.62. The Morgan fingerprint density at radius 3 is 2.69 bits per heavy atom. The van der Waals surface area contributed by atoms with Crippen LogP contribution < -0.4 is 0 Å². The van der Waals surface area contributed by atoms with Crippen molar-refractivity contribution in [2.45, 2.75) is 25.7 Å². The molecule has 1 aliphatic heterocycles. The van der Waals surface area contributed by atoms with Gasteiger partial charge in [-0.3, -0.25) is 0 Å². The molecule has 0 spiro atoms. The summed E-state index contributed by atoms with van der Waals surface area (Å²) in [4.78, 5) is 0. The maximum atomic E-state index is 5.65. The Labute approximate surface area is 78.5 Å². The van der Waals surface area contributed by atoms with Gasteiger partial charge in [-0.2, -0.15) is 0 Å². The number of hydrogen-bond acceptors (Lipinski definition) is 2. The van der Waals surface area contributed by atoms with E-state index in [0.29, 0.717) is 6.10 Å². The summed E-state index contributed by atoms with van der Waals surface area (Å²) < 4.78 is 11.2. The molecule has 13 heavy (non-hydrogen) atoms. The van der Waals surface area contributed by atoms with Crippen molar-refractivity contribution >= 4 is 0 Å². The normalized spacial score (nSPS) is 28.7. The summed E-state index contributed by atoms with van der Waals surface area (Å²) in [5.74, 6) is 0. The lowest BCUT2D eigenvalue weighted by molar-refractivity contribution is -0.212. The highest BCUT2D eigenvalue weighted by molar-refractivity contribution is 5.16. The van der Waals surface area contributed by atoms with Gasteiger partial charge in [0.2, 0.25) is 0 Å². The Morgan fingerprint density at radius 1 is 1.23 bits per heavy atom. The fourth-order valence-electron chi connectivity index (χ4n) is 1.44. The molecule has 0 bridgehead atoms. The van der Waals surface area contributed by atoms with E-state index in [2.05, 4.69) is 6.92 Å². The van der Waals surface area contributed by atoms with Crippen LogP contribution in [0.25, 0.3) is 0 Å². The molecule has 0 aromatic heterocycles. The molecule has 70 valence electrons. The number of benzene rings is 1. The predicted molar refractivity (Wildman–Crippen MR) is 50.3 cm³/mol. The van der Waals surface area contributed by atoms with Crippen molar-refractivity contribution in [2.24, 2.45) is 0 Å². The smallest absolute Gasteiger partial charge is 0.184 e. The molecule has 0 radical (unpaired) electrons. The van der Waals surface area contributed by atoms with Crippen LogP contribution in [0.2, 0.25) is 0 Å². The molecule has 0 N–H and O–H groups in total. The average Bonchev–Trinajstić information content (AvgIpc) is 2.19. The first-order valence-corrected chi connectivity index (χ1v) is 4.68. The minimum atomic E-state index is -0.162. The minimum absolute atomic E-state index is 0.162. The molecular formula is C11H14O2. The van der Waals surface area contributed by atoms with Crippen LogP contribution in [0.15, 0.2) is 30.3 Å². The standard InChI is InChI=1S/C11H14O2/c1-9-7-8-12-11(13-9)10-5-3-2-4-6-10/h2-6,9,11H,7-8H2,1H3/t9-,11?/m1/s1. The lowest BCUT2D eigenvalue weighted by Gasteiger charge is -2.28. The molecule has 1 aliphatic rings. The van der Waals surface area contributed by atoms with E-state index in [0.717, 1.165) is 18.6 Å². The van der Waals surface area contributed by atoms with Gasteiger partial charge in [0.25, 0.3) is 0 Å². The molecule has 2 heteroatoms. The molecule has 1 heterocycles. The minimum Gasteiger partial charge on any atom is -0.348 e. The van der Waals surface area contributed by atoms with Crippen LogP contribution in [-0.2, 0) is 9.47 Å². The van der Waals surface area contributed by atoms with Crippen LogP contribution in [0.3, 0.4) is 0 Å². The zero-order valence-electron chi connectivity index (χ0n) is 7.77. The Morgan fingerprint density at radius 2 is 2.00 bits per heavy atom. The second kappa shape index (κ2) is 3.90. The third-order valence-corrected chi connectivity index (χ3v) is 2.22. The molecule has 2 rings (SSSR count). The maximum Gasteiger partial charge on any atom is 0.184 e. The van der Waals surface area contributed by atoms with Crippen LogP contribution in [0.5, 0.6) is 0 Å². The van der Waals surface area contributed by atoms with Gasteiger partial charge in [0.1, 0.15) is 0 Å². The van der Waals surface area contributed by atoms with Crippen molar-refractivity contribution < 1.29 is 9.47 Å². The highest BCUT2D eigenvalue weighted by atomic mass is 16.7. The van der Waals surface area contributed by atoms with Crippen LogP contribution in [0.4, 0.5) is 0 Å². The molecule has 1 unspecified atom stereocenters. The predicted octanol–water partition coefficient (Wildman–Crippen LogP) is 2.51. The zero-order valence-corrected chi connectivity index (χ0v) is 7.77. The van der Waals surface area contributed by atoms with Crippen molar-refractivity contribution in [3.8, 4) is 0 Å². The second-order valence-corrected chi connectivity index (χ2v) is 3.35. The topological polar surface area (TPSA) is 18.5 Å². The van der Waals surface area contributed by atoms with Gasteiger partial charge in [-0.05, 0) is 13.3 Å². The van der Waals surface area contributed by atoms with Gasteiger partial charge in [-0.25, -0.2) is 0 Å². The monoisotopic (exact) mass is 178 g/mol. The zero-order chi connectivity index (χ0) is 9.10. The Balaban J connectivity index is 2.08. The van der Waals surface area contributed by atoms with Gasteiger partial charge in [0, 0.05) is 5.56 Å². The van der Waals surface area contributed by atoms with Gasteiger partial charge in [0.05, 0.1) is 12.7 Å². The fraction of sp³-hybridized carbons (Fsp3) is 0.455. The summed E-state index contributed by atoms with van der Waals surface area (Å²) in [6.45, 7) is 2.87. The van der Waals surface area contributed by atoms with E-state index in [1.165, 1.54) is 0 Å². The van der Waals surface area contributed by atoms with E-state index < -0.39 is 0 Å². The molecule has 1 aromatic rings. The molecule has 0 aliphatic carbocycles. The largest absolute Gasteiger partial charge is 0.348 e. The molecule has 1 aromatic carbocycles. The van der Waals surface area contributed by atoms with Crippen molar-refractivity contribution in [1.82, 2.24) is 0 Å². The van der Waals surface area contributed by atoms with E-state index in [-0.39, 0.29) is 6.29 Å². The third kappa shape index (κ3) is 2.08. The van der Waals surface area contributed by atoms with Crippen LogP contribution >= 0.6 is 0 Å². The fourth-order valence-corrected chi connectivity index (χ4v) is 1.44. The van der Waals surface area contributed by atoms with E-state index in [1.807, 2.05) is 30.3 Å². The van der Waals surface area contributed by atoms with Crippen molar-refractivity contribution in [2.75, 3.05) is 6.61 Å². The lowest BCUT2D eigenvalue weighted by Crippen LogP contribution is -2.24. The van der Waals surface area contributed by atoms with Gasteiger partial charge < -0.3 is 9.47 Å². The van der Waals surface area contributed by atoms with Gasteiger partial charge in [0.15, 0.2) is 6.29 Å². The highest BCUT2D eigenvalue weighted by Gasteiger charge is 2.20. The Bertz CT molecular complexity index is 258. The van der Waals surface area contributed by atoms with Crippen molar-refractivity contribution in [3.05, 3.63) is 35.9 Å². The molecule has 2 nitrogen and oxygen atoms in total. The summed E-state index contributed by atoms with van der Waals surface area (Å²) in [6.07, 6.45) is 1.13. The van der Waals surface area contributed by atoms with Gasteiger partial charge >= 0.3 is 0 Å². The lowest BCUT2D eigenvalue weighted by atomic mass is 10.2. The number of rotatable bonds is 1. The highest BCUT2D eigenvalue weighted by Crippen LogP contribution is 2.25. The second-order valence-electron chi connectivity index (χ2n) is 3.35. The molecular weight excluding hydrogens is 164 g/mol. The summed E-state index contributed by atoms with van der Waals surface area (Å²) in [5.41, 5.74) is 1.11. The molecule has 1 saturated heterocycles. The van der Waals surface area contributed by atoms with E-state index >= 15 is 0 Å². The molecule has 2 atom stereocenters. The number of ether oxygens (including phenoxy) is 2. The van der Waals surface area contributed by atoms with Crippen LogP contribution in [0, 0.1) is 0 Å². The van der Waals surface area contributed by atoms with Crippen molar-refractivity contribution in [3.63, 3.8) is 0 Å². The van der Waals surface area contributed by atoms with Crippen LogP contribution in [-0.4, -0.2) is 12.7 Å². The van der Waals surface area contributed by atoms with Gasteiger partial charge in [-0.1, -0.05) is 30.3 Å². The first-order chi connectivity index (χ1) is 6.36. The quantitative estimate of drug-likeness (QED) is 0.657. The molecule has 1 fully saturated rings. The van der Waals surface area contributed by atoms with Crippen LogP contribution in [0.1, 0.15) is 25.2 Å². The summed E-state index contributed by atoms with van der Waals surface area (Å²) in [6, 6.07) is 10.1. The maximum absolute atomic E-state index is 5.65. The summed E-state index contributed by atoms with van der Waals surface area (Å²) in [5, 5.41) is 0. The SMILES string of the molecule is C[C@@H]1CCOC(c2ccccc2)O1. The van der Waals surface area contributed by atoms with Crippen molar-refractivity contribution in [1.29, 1.82) is 0 Å². The van der Waals surface area contributed by atoms with E-state index in [1.54, 1.807) is 0 Å². The van der Waals surface area contributed by atoms with E-state index in [9.17, 15) is 0 Å². The average molecular weight is 178 g/mol. The first kappa shape index (κ1) is 8.73. The number of hydrogen-bond donors (Lipinski definition) is 0. The Hall–Kier alpha value is -0.860. The third-order valence-electron chi connectivity index (χ3n) is 2.22. The molecule has 0 amide bonds. The molecule has 0 saturated carbocycles.